The molecular formula is C27H32N2OS. The Balaban J connectivity index is 1.84. The maximum absolute atomic E-state index is 14.0. The van der Waals surface area contributed by atoms with E-state index in [0.29, 0.717) is 6.54 Å². The van der Waals surface area contributed by atoms with E-state index in [4.69, 9.17) is 4.98 Å². The van der Waals surface area contributed by atoms with Crippen LogP contribution < -0.4 is 5.56 Å². The summed E-state index contributed by atoms with van der Waals surface area (Å²) < 4.78 is 1.95. The summed E-state index contributed by atoms with van der Waals surface area (Å²) in [5.74, 6) is 0.986. The van der Waals surface area contributed by atoms with E-state index in [9.17, 15) is 4.79 Å². The number of aromatic nitrogens is 2. The van der Waals surface area contributed by atoms with E-state index < -0.39 is 0 Å². The zero-order chi connectivity index (χ0) is 21.8. The fourth-order valence-corrected chi connectivity index (χ4v) is 5.59. The number of benzene rings is 2. The molecule has 0 amide bonds. The molecule has 4 heteroatoms. The van der Waals surface area contributed by atoms with E-state index in [0.717, 1.165) is 59.8 Å². The van der Waals surface area contributed by atoms with Crippen molar-refractivity contribution in [1.82, 2.24) is 9.55 Å². The van der Waals surface area contributed by atoms with Gasteiger partial charge in [0, 0.05) is 23.3 Å². The van der Waals surface area contributed by atoms with Crippen molar-refractivity contribution in [3.8, 4) is 11.3 Å². The minimum absolute atomic E-state index is 0.152. The Hall–Kier alpha value is -2.33. The van der Waals surface area contributed by atoms with E-state index >= 15 is 0 Å². The summed E-state index contributed by atoms with van der Waals surface area (Å²) in [6.45, 7) is 7.29. The molecule has 0 saturated heterocycles. The number of fused-ring (bicyclic) bond motifs is 3. The molecule has 0 bridgehead atoms. The molecule has 0 radical (unpaired) electrons. The molecule has 31 heavy (non-hydrogen) atoms. The van der Waals surface area contributed by atoms with Crippen LogP contribution in [0.1, 0.15) is 56.7 Å². The van der Waals surface area contributed by atoms with Gasteiger partial charge in [0.25, 0.3) is 5.56 Å². The van der Waals surface area contributed by atoms with E-state index in [-0.39, 0.29) is 11.0 Å². The molecular weight excluding hydrogens is 400 g/mol. The lowest BCUT2D eigenvalue weighted by Gasteiger charge is -2.36. The maximum Gasteiger partial charge on any atom is 0.258 e. The van der Waals surface area contributed by atoms with Gasteiger partial charge >= 0.3 is 0 Å². The number of thioether (sulfide) groups is 1. The van der Waals surface area contributed by atoms with Gasteiger partial charge in [-0.2, -0.15) is 0 Å². The quantitative estimate of drug-likeness (QED) is 0.239. The average Bonchev–Trinajstić information content (AvgIpc) is 2.79. The highest BCUT2D eigenvalue weighted by Crippen LogP contribution is 2.43. The first kappa shape index (κ1) is 21.9. The number of unbranched alkanes of at least 4 members (excludes halogenated alkanes) is 1. The first-order chi connectivity index (χ1) is 15.1. The van der Waals surface area contributed by atoms with Gasteiger partial charge in [-0.15, -0.1) is 0 Å². The van der Waals surface area contributed by atoms with Crippen molar-refractivity contribution in [3.05, 3.63) is 81.6 Å². The third-order valence-electron chi connectivity index (χ3n) is 6.57. The summed E-state index contributed by atoms with van der Waals surface area (Å²) in [5.41, 5.74) is 5.46. The van der Waals surface area contributed by atoms with Crippen molar-refractivity contribution < 1.29 is 0 Å². The molecule has 0 N–H and O–H groups in total. The van der Waals surface area contributed by atoms with Crippen LogP contribution in [0, 0.1) is 0 Å². The first-order valence-electron chi connectivity index (χ1n) is 11.5. The standard InChI is InChI=1S/C27H32N2OS/c1-4-6-18-31-26-28-24-22-15-11-10-14-21(22)19-27(3,5-2)23(24)25(30)29(26)17-16-20-12-8-7-9-13-20/h7-15H,4-6,16-19H2,1-3H3. The Bertz CT molecular complexity index is 1110. The average molecular weight is 433 g/mol. The van der Waals surface area contributed by atoms with Gasteiger partial charge in [0.1, 0.15) is 0 Å². The lowest BCUT2D eigenvalue weighted by molar-refractivity contribution is 0.427. The molecule has 0 fully saturated rings. The molecule has 1 aliphatic carbocycles. The zero-order valence-corrected chi connectivity index (χ0v) is 19.7. The van der Waals surface area contributed by atoms with Crippen LogP contribution >= 0.6 is 11.8 Å². The molecule has 3 aromatic rings. The van der Waals surface area contributed by atoms with Crippen molar-refractivity contribution in [2.45, 2.75) is 70.0 Å². The van der Waals surface area contributed by atoms with Crippen LogP contribution in [0.2, 0.25) is 0 Å². The van der Waals surface area contributed by atoms with Crippen molar-refractivity contribution in [1.29, 1.82) is 0 Å². The van der Waals surface area contributed by atoms with Crippen molar-refractivity contribution in [2.24, 2.45) is 0 Å². The van der Waals surface area contributed by atoms with Gasteiger partial charge in [-0.3, -0.25) is 9.36 Å². The van der Waals surface area contributed by atoms with Crippen LogP contribution in [0.15, 0.2) is 64.5 Å². The second kappa shape index (κ2) is 9.44. The van der Waals surface area contributed by atoms with Crippen molar-refractivity contribution in [3.63, 3.8) is 0 Å². The van der Waals surface area contributed by atoms with Gasteiger partial charge in [-0.05, 0) is 36.8 Å². The Morgan fingerprint density at radius 2 is 1.81 bits per heavy atom. The van der Waals surface area contributed by atoms with Crippen LogP contribution in [0.25, 0.3) is 11.3 Å². The highest BCUT2D eigenvalue weighted by atomic mass is 32.2. The highest BCUT2D eigenvalue weighted by Gasteiger charge is 2.38. The predicted octanol–water partition coefficient (Wildman–Crippen LogP) is 6.27. The topological polar surface area (TPSA) is 34.9 Å². The summed E-state index contributed by atoms with van der Waals surface area (Å²) in [7, 11) is 0. The molecule has 4 rings (SSSR count). The minimum Gasteiger partial charge on any atom is -0.287 e. The summed E-state index contributed by atoms with van der Waals surface area (Å²) in [4.78, 5) is 19.2. The smallest absolute Gasteiger partial charge is 0.258 e. The van der Waals surface area contributed by atoms with E-state index in [1.807, 2.05) is 10.6 Å². The third kappa shape index (κ3) is 4.36. The zero-order valence-electron chi connectivity index (χ0n) is 18.9. The van der Waals surface area contributed by atoms with E-state index in [2.05, 4.69) is 69.3 Å². The normalized spacial score (nSPS) is 17.3. The van der Waals surface area contributed by atoms with Gasteiger partial charge in [-0.1, -0.05) is 93.6 Å². The van der Waals surface area contributed by atoms with E-state index in [1.54, 1.807) is 11.8 Å². The number of hydrogen-bond acceptors (Lipinski definition) is 3. The van der Waals surface area contributed by atoms with Crippen LogP contribution in [-0.2, 0) is 24.8 Å². The Labute approximate surface area is 189 Å². The van der Waals surface area contributed by atoms with Crippen LogP contribution in [0.4, 0.5) is 0 Å². The van der Waals surface area contributed by atoms with Gasteiger partial charge in [-0.25, -0.2) is 4.98 Å². The van der Waals surface area contributed by atoms with Crippen LogP contribution in [0.3, 0.4) is 0 Å². The van der Waals surface area contributed by atoms with Gasteiger partial charge < -0.3 is 0 Å². The predicted molar refractivity (Wildman–Crippen MR) is 131 cm³/mol. The number of aryl methyl sites for hydroxylation is 1. The lowest BCUT2D eigenvalue weighted by Crippen LogP contribution is -2.40. The second-order valence-corrected chi connectivity index (χ2v) is 9.82. The Kier molecular flexibility index (Phi) is 6.66. The molecule has 0 aliphatic heterocycles. The Morgan fingerprint density at radius 1 is 1.06 bits per heavy atom. The molecule has 0 spiro atoms. The molecule has 2 aromatic carbocycles. The van der Waals surface area contributed by atoms with Crippen molar-refractivity contribution in [2.75, 3.05) is 5.75 Å². The van der Waals surface area contributed by atoms with Crippen molar-refractivity contribution >= 4 is 11.8 Å². The molecule has 1 unspecified atom stereocenters. The SMILES string of the molecule is CCCCSc1nc2c(c(=O)n1CCc1ccccc1)C(C)(CC)Cc1ccccc1-2. The van der Waals surface area contributed by atoms with Gasteiger partial charge in [0.2, 0.25) is 0 Å². The van der Waals surface area contributed by atoms with Gasteiger partial charge in [0.15, 0.2) is 5.16 Å². The fourth-order valence-electron chi connectivity index (χ4n) is 4.49. The molecule has 1 aromatic heterocycles. The number of hydrogen-bond donors (Lipinski definition) is 0. The third-order valence-corrected chi connectivity index (χ3v) is 7.63. The summed E-state index contributed by atoms with van der Waals surface area (Å²) in [6.07, 6.45) is 4.92. The summed E-state index contributed by atoms with van der Waals surface area (Å²) >= 11 is 1.73. The molecule has 3 nitrogen and oxygen atoms in total. The lowest BCUT2D eigenvalue weighted by atomic mass is 9.69. The molecule has 1 aliphatic rings. The highest BCUT2D eigenvalue weighted by molar-refractivity contribution is 7.99. The number of rotatable bonds is 8. The van der Waals surface area contributed by atoms with Gasteiger partial charge in [0.05, 0.1) is 11.3 Å². The fraction of sp³-hybridized carbons (Fsp3) is 0.407. The molecule has 1 atom stereocenters. The summed E-state index contributed by atoms with van der Waals surface area (Å²) in [6, 6.07) is 18.9. The van der Waals surface area contributed by atoms with E-state index in [1.165, 1.54) is 11.1 Å². The molecule has 1 heterocycles. The van der Waals surface area contributed by atoms with Crippen LogP contribution in [-0.4, -0.2) is 15.3 Å². The summed E-state index contributed by atoms with van der Waals surface area (Å²) in [5, 5.41) is 0.864. The minimum atomic E-state index is -0.186. The second-order valence-electron chi connectivity index (χ2n) is 8.76. The maximum atomic E-state index is 14.0. The molecule has 0 saturated carbocycles. The molecule has 162 valence electrons. The van der Waals surface area contributed by atoms with Crippen LogP contribution in [0.5, 0.6) is 0 Å². The largest absolute Gasteiger partial charge is 0.287 e. The monoisotopic (exact) mass is 432 g/mol. The Morgan fingerprint density at radius 3 is 2.55 bits per heavy atom. The first-order valence-corrected chi connectivity index (χ1v) is 12.5. The number of nitrogens with zero attached hydrogens (tertiary/aromatic N) is 2.